The molecule has 1 aliphatic heterocycles. The third-order valence-corrected chi connectivity index (χ3v) is 6.64. The molecule has 9 heteroatoms. The van der Waals surface area contributed by atoms with Gasteiger partial charge in [0, 0.05) is 42.7 Å². The number of nitrogens with one attached hydrogen (secondary N) is 1. The first kappa shape index (κ1) is 24.5. The summed E-state index contributed by atoms with van der Waals surface area (Å²) in [6.45, 7) is 6.37. The molecule has 6 nitrogen and oxygen atoms in total. The molecule has 1 N–H and O–H groups in total. The van der Waals surface area contributed by atoms with Gasteiger partial charge in [0.05, 0.1) is 21.4 Å². The monoisotopic (exact) mass is 519 g/mol. The molecule has 2 aromatic carbocycles. The summed E-state index contributed by atoms with van der Waals surface area (Å²) in [6.07, 6.45) is 0. The Bertz CT molecular complexity index is 1220. The lowest BCUT2D eigenvalue weighted by Crippen LogP contribution is -2.50. The van der Waals surface area contributed by atoms with Crippen LogP contribution in [0.5, 0.6) is 0 Å². The SMILES string of the molecule is CC(C)C(=O)N1CCN(c2ccc(Cl)cc2NC(=O)c2ccc(-c3ccc(Cl)c(Cl)c3)o2)CC1. The fourth-order valence-corrected chi connectivity index (χ4v) is 4.34. The number of piperazine rings is 1. The van der Waals surface area contributed by atoms with Crippen LogP contribution in [0, 0.1) is 5.92 Å². The minimum absolute atomic E-state index is 0.0287. The van der Waals surface area contributed by atoms with Gasteiger partial charge in [0.25, 0.3) is 5.91 Å². The quantitative estimate of drug-likeness (QED) is 0.419. The molecule has 0 saturated carbocycles. The number of hydrogen-bond acceptors (Lipinski definition) is 4. The van der Waals surface area contributed by atoms with Crippen molar-refractivity contribution in [2.75, 3.05) is 36.4 Å². The number of carbonyl (C=O) groups is 2. The Hall–Kier alpha value is -2.67. The van der Waals surface area contributed by atoms with Crippen LogP contribution in [0.3, 0.4) is 0 Å². The average Bonchev–Trinajstić information content (AvgIpc) is 3.31. The summed E-state index contributed by atoms with van der Waals surface area (Å²) in [5.74, 6) is 0.377. The molecule has 1 saturated heterocycles. The molecule has 0 spiro atoms. The van der Waals surface area contributed by atoms with Gasteiger partial charge in [-0.3, -0.25) is 9.59 Å². The molecule has 1 aromatic heterocycles. The van der Waals surface area contributed by atoms with E-state index in [9.17, 15) is 9.59 Å². The van der Waals surface area contributed by atoms with Crippen LogP contribution in [0.4, 0.5) is 11.4 Å². The van der Waals surface area contributed by atoms with Crippen molar-refractivity contribution >= 4 is 58.0 Å². The predicted molar refractivity (Wildman–Crippen MR) is 137 cm³/mol. The molecule has 0 bridgehead atoms. The van der Waals surface area contributed by atoms with Gasteiger partial charge in [-0.05, 0) is 48.5 Å². The molecule has 0 unspecified atom stereocenters. The molecule has 4 rings (SSSR count). The van der Waals surface area contributed by atoms with Gasteiger partial charge in [-0.15, -0.1) is 0 Å². The fraction of sp³-hybridized carbons (Fsp3) is 0.280. The Morgan fingerprint density at radius 2 is 1.65 bits per heavy atom. The summed E-state index contributed by atoms with van der Waals surface area (Å²) >= 11 is 18.3. The van der Waals surface area contributed by atoms with Crippen molar-refractivity contribution in [3.63, 3.8) is 0 Å². The summed E-state index contributed by atoms with van der Waals surface area (Å²) in [5.41, 5.74) is 2.13. The van der Waals surface area contributed by atoms with Crippen molar-refractivity contribution in [1.82, 2.24) is 4.90 Å². The molecule has 34 heavy (non-hydrogen) atoms. The number of halogens is 3. The Labute approximate surface area is 213 Å². The maximum atomic E-state index is 13.0. The van der Waals surface area contributed by atoms with Crippen molar-refractivity contribution in [2.45, 2.75) is 13.8 Å². The molecule has 2 heterocycles. The maximum absolute atomic E-state index is 13.0. The van der Waals surface area contributed by atoms with Gasteiger partial charge in [-0.25, -0.2) is 0 Å². The van der Waals surface area contributed by atoms with Crippen LogP contribution in [0.15, 0.2) is 52.9 Å². The molecule has 2 amide bonds. The van der Waals surface area contributed by atoms with E-state index < -0.39 is 5.91 Å². The summed E-state index contributed by atoms with van der Waals surface area (Å²) < 4.78 is 5.77. The molecule has 3 aromatic rings. The topological polar surface area (TPSA) is 65.8 Å². The van der Waals surface area contributed by atoms with E-state index in [1.54, 1.807) is 42.5 Å². The van der Waals surface area contributed by atoms with E-state index in [1.165, 1.54) is 0 Å². The maximum Gasteiger partial charge on any atom is 0.291 e. The van der Waals surface area contributed by atoms with E-state index in [4.69, 9.17) is 39.2 Å². The largest absolute Gasteiger partial charge is 0.451 e. The number of hydrogen-bond donors (Lipinski definition) is 1. The zero-order chi connectivity index (χ0) is 24.4. The predicted octanol–water partition coefficient (Wildman–Crippen LogP) is 6.46. The molecular weight excluding hydrogens is 497 g/mol. The Kier molecular flexibility index (Phi) is 7.41. The highest BCUT2D eigenvalue weighted by Crippen LogP contribution is 2.32. The average molecular weight is 521 g/mol. The van der Waals surface area contributed by atoms with Gasteiger partial charge in [-0.2, -0.15) is 0 Å². The highest BCUT2D eigenvalue weighted by atomic mass is 35.5. The highest BCUT2D eigenvalue weighted by Gasteiger charge is 2.25. The Morgan fingerprint density at radius 3 is 2.32 bits per heavy atom. The Morgan fingerprint density at radius 1 is 0.912 bits per heavy atom. The van der Waals surface area contributed by atoms with Crippen LogP contribution in [-0.4, -0.2) is 42.9 Å². The molecule has 1 fully saturated rings. The number of anilines is 2. The third-order valence-electron chi connectivity index (χ3n) is 5.67. The first-order chi connectivity index (χ1) is 16.2. The van der Waals surface area contributed by atoms with Gasteiger partial charge in [0.15, 0.2) is 5.76 Å². The lowest BCUT2D eigenvalue weighted by atomic mass is 10.1. The van der Waals surface area contributed by atoms with Crippen LogP contribution in [0.1, 0.15) is 24.4 Å². The Balaban J connectivity index is 1.50. The summed E-state index contributed by atoms with van der Waals surface area (Å²) in [7, 11) is 0. The number of nitrogens with zero attached hydrogens (tertiary/aromatic N) is 2. The van der Waals surface area contributed by atoms with Crippen LogP contribution in [-0.2, 0) is 4.79 Å². The second-order valence-corrected chi connectivity index (χ2v) is 9.63. The lowest BCUT2D eigenvalue weighted by Gasteiger charge is -2.37. The molecule has 1 aliphatic rings. The number of benzene rings is 2. The van der Waals surface area contributed by atoms with Gasteiger partial charge in [0.1, 0.15) is 5.76 Å². The van der Waals surface area contributed by atoms with Crippen molar-refractivity contribution < 1.29 is 14.0 Å². The zero-order valence-electron chi connectivity index (χ0n) is 18.8. The van der Waals surface area contributed by atoms with E-state index in [2.05, 4.69) is 10.2 Å². The van der Waals surface area contributed by atoms with E-state index in [-0.39, 0.29) is 17.6 Å². The molecule has 0 aliphatic carbocycles. The van der Waals surface area contributed by atoms with Gasteiger partial charge >= 0.3 is 0 Å². The smallest absolute Gasteiger partial charge is 0.291 e. The van der Waals surface area contributed by atoms with Crippen molar-refractivity contribution in [2.24, 2.45) is 5.92 Å². The molecule has 178 valence electrons. The standard InChI is InChI=1S/C25H24Cl3N3O3/c1-15(2)25(33)31-11-9-30(10-12-31)21-6-4-17(26)14-20(21)29-24(32)23-8-7-22(34-23)16-3-5-18(27)19(28)13-16/h3-8,13-15H,9-12H2,1-2H3,(H,29,32). The van der Waals surface area contributed by atoms with Gasteiger partial charge < -0.3 is 19.5 Å². The number of carbonyl (C=O) groups excluding carboxylic acids is 2. The second kappa shape index (κ2) is 10.3. The molecular formula is C25H24Cl3N3O3. The minimum atomic E-state index is -0.400. The number of furan rings is 1. The van der Waals surface area contributed by atoms with Crippen LogP contribution in [0.25, 0.3) is 11.3 Å². The van der Waals surface area contributed by atoms with E-state index in [0.29, 0.717) is 58.3 Å². The second-order valence-electron chi connectivity index (χ2n) is 8.38. The first-order valence-electron chi connectivity index (χ1n) is 10.9. The first-order valence-corrected chi connectivity index (χ1v) is 12.1. The van der Waals surface area contributed by atoms with Gasteiger partial charge in [0.2, 0.25) is 5.91 Å². The molecule has 0 atom stereocenters. The summed E-state index contributed by atoms with van der Waals surface area (Å²) in [5, 5.41) is 4.26. The number of amides is 2. The molecule has 0 radical (unpaired) electrons. The van der Waals surface area contributed by atoms with Gasteiger partial charge in [-0.1, -0.05) is 48.7 Å². The van der Waals surface area contributed by atoms with Crippen molar-refractivity contribution in [3.05, 3.63) is 69.4 Å². The van der Waals surface area contributed by atoms with Crippen LogP contribution < -0.4 is 10.2 Å². The number of rotatable bonds is 5. The van der Waals surface area contributed by atoms with E-state index >= 15 is 0 Å². The van der Waals surface area contributed by atoms with Crippen LogP contribution >= 0.6 is 34.8 Å². The van der Waals surface area contributed by atoms with Crippen molar-refractivity contribution in [1.29, 1.82) is 0 Å². The van der Waals surface area contributed by atoms with Crippen molar-refractivity contribution in [3.8, 4) is 11.3 Å². The minimum Gasteiger partial charge on any atom is -0.451 e. The zero-order valence-corrected chi connectivity index (χ0v) is 21.0. The highest BCUT2D eigenvalue weighted by molar-refractivity contribution is 6.42. The summed E-state index contributed by atoms with van der Waals surface area (Å²) in [4.78, 5) is 29.3. The van der Waals surface area contributed by atoms with E-state index in [1.807, 2.05) is 24.8 Å². The van der Waals surface area contributed by atoms with Crippen LogP contribution in [0.2, 0.25) is 15.1 Å². The van der Waals surface area contributed by atoms with E-state index in [0.717, 1.165) is 5.69 Å². The normalized spacial score (nSPS) is 13.9. The third kappa shape index (κ3) is 5.35. The lowest BCUT2D eigenvalue weighted by molar-refractivity contribution is -0.134. The summed E-state index contributed by atoms with van der Waals surface area (Å²) in [6, 6.07) is 13.8. The fourth-order valence-electron chi connectivity index (χ4n) is 3.87.